The van der Waals surface area contributed by atoms with Crippen molar-refractivity contribution in [3.05, 3.63) is 55.3 Å². The zero-order valence-electron chi connectivity index (χ0n) is 17.6. The van der Waals surface area contributed by atoms with Gasteiger partial charge in [0.15, 0.2) is 0 Å². The van der Waals surface area contributed by atoms with Crippen LogP contribution in [0.5, 0.6) is 0 Å². The third-order valence-electron chi connectivity index (χ3n) is 4.71. The number of benzene rings is 1. The number of nitrogens with zero attached hydrogens (tertiary/aromatic N) is 7. The summed E-state index contributed by atoms with van der Waals surface area (Å²) >= 11 is 1.59. The molecule has 0 saturated carbocycles. The molecule has 0 saturated heterocycles. The van der Waals surface area contributed by atoms with E-state index in [4.69, 9.17) is 0 Å². The van der Waals surface area contributed by atoms with Crippen molar-refractivity contribution in [3.8, 4) is 0 Å². The van der Waals surface area contributed by atoms with E-state index in [-0.39, 0.29) is 0 Å². The number of nitrogens with one attached hydrogen (secondary N) is 2. The van der Waals surface area contributed by atoms with Gasteiger partial charge in [-0.3, -0.25) is 14.6 Å². The quantitative estimate of drug-likeness (QED) is 0.390. The van der Waals surface area contributed by atoms with Crippen LogP contribution in [-0.2, 0) is 6.54 Å². The summed E-state index contributed by atoms with van der Waals surface area (Å²) in [5.41, 5.74) is 5.02. The molecule has 0 aliphatic carbocycles. The molecule has 31 heavy (non-hydrogen) atoms. The fourth-order valence-electron chi connectivity index (χ4n) is 3.09. The second-order valence-corrected chi connectivity index (χ2v) is 7.52. The molecule has 1 aromatic carbocycles. The average molecular weight is 434 g/mol. The molecule has 3 heterocycles. The summed E-state index contributed by atoms with van der Waals surface area (Å²) in [6.07, 6.45) is 12.5. The topological polar surface area (TPSA) is 96.7 Å². The average Bonchev–Trinajstić information content (AvgIpc) is 3.26. The molecule has 0 bridgehead atoms. The van der Waals surface area contributed by atoms with Crippen LogP contribution in [0.25, 0.3) is 17.1 Å². The Morgan fingerprint density at radius 3 is 2.74 bits per heavy atom. The Morgan fingerprint density at radius 1 is 1.16 bits per heavy atom. The van der Waals surface area contributed by atoms with Crippen LogP contribution < -0.4 is 14.9 Å². The molecule has 0 fully saturated rings. The predicted molar refractivity (Wildman–Crippen MR) is 128 cm³/mol. The molecular formula is C21H23N9S. The van der Waals surface area contributed by atoms with Gasteiger partial charge < -0.3 is 14.9 Å². The number of fused-ring (bicyclic) bond motifs is 1. The minimum absolute atomic E-state index is 0.462. The van der Waals surface area contributed by atoms with E-state index >= 15 is 0 Å². The van der Waals surface area contributed by atoms with Crippen molar-refractivity contribution < 1.29 is 0 Å². The van der Waals surface area contributed by atoms with E-state index in [9.17, 15) is 0 Å². The zero-order chi connectivity index (χ0) is 21.8. The SMILES string of the molecule is C=Cc1cnc(Nc2cnn(CC)c2)nc1Nc1ccc2nccnc2c1N(C)SC. The Bertz CT molecular complexity index is 1220. The highest BCUT2D eigenvalue weighted by atomic mass is 32.2. The summed E-state index contributed by atoms with van der Waals surface area (Å²) in [6, 6.07) is 3.92. The fraction of sp³-hybridized carbons (Fsp3) is 0.190. The van der Waals surface area contributed by atoms with Crippen molar-refractivity contribution in [2.75, 3.05) is 28.2 Å². The minimum Gasteiger partial charge on any atom is -0.338 e. The molecule has 0 aliphatic rings. The molecule has 0 radical (unpaired) electrons. The highest BCUT2D eigenvalue weighted by Gasteiger charge is 2.16. The van der Waals surface area contributed by atoms with Gasteiger partial charge in [0.05, 0.1) is 28.8 Å². The van der Waals surface area contributed by atoms with E-state index in [1.165, 1.54) is 0 Å². The Balaban J connectivity index is 1.72. The maximum Gasteiger partial charge on any atom is 0.229 e. The normalized spacial score (nSPS) is 10.8. The van der Waals surface area contributed by atoms with Crippen molar-refractivity contribution in [3.63, 3.8) is 0 Å². The molecule has 0 unspecified atom stereocenters. The van der Waals surface area contributed by atoms with Gasteiger partial charge in [0.1, 0.15) is 11.3 Å². The van der Waals surface area contributed by atoms with Crippen molar-refractivity contribution in [1.29, 1.82) is 0 Å². The van der Waals surface area contributed by atoms with E-state index < -0.39 is 0 Å². The highest BCUT2D eigenvalue weighted by Crippen LogP contribution is 2.36. The Kier molecular flexibility index (Phi) is 5.99. The van der Waals surface area contributed by atoms with Crippen molar-refractivity contribution in [2.24, 2.45) is 0 Å². The van der Waals surface area contributed by atoms with Crippen LogP contribution in [-0.4, -0.2) is 43.0 Å². The van der Waals surface area contributed by atoms with Crippen LogP contribution in [0.2, 0.25) is 0 Å². The highest BCUT2D eigenvalue weighted by molar-refractivity contribution is 7.99. The lowest BCUT2D eigenvalue weighted by Gasteiger charge is -2.22. The smallest absolute Gasteiger partial charge is 0.229 e. The van der Waals surface area contributed by atoms with Gasteiger partial charge >= 0.3 is 0 Å². The second-order valence-electron chi connectivity index (χ2n) is 6.60. The lowest BCUT2D eigenvalue weighted by atomic mass is 10.2. The number of hydrogen-bond acceptors (Lipinski definition) is 9. The van der Waals surface area contributed by atoms with Crippen molar-refractivity contribution >= 4 is 57.9 Å². The van der Waals surface area contributed by atoms with Gasteiger partial charge in [0.2, 0.25) is 5.95 Å². The van der Waals surface area contributed by atoms with Crippen LogP contribution >= 0.6 is 11.9 Å². The monoisotopic (exact) mass is 433 g/mol. The number of anilines is 5. The number of aryl methyl sites for hydroxylation is 1. The maximum absolute atomic E-state index is 4.67. The van der Waals surface area contributed by atoms with Crippen LogP contribution in [0, 0.1) is 0 Å². The molecule has 4 rings (SSSR count). The van der Waals surface area contributed by atoms with Crippen molar-refractivity contribution in [2.45, 2.75) is 13.5 Å². The number of rotatable bonds is 8. The molecular weight excluding hydrogens is 410 g/mol. The van der Waals surface area contributed by atoms with Crippen LogP contribution in [0.1, 0.15) is 12.5 Å². The Morgan fingerprint density at radius 2 is 2.00 bits per heavy atom. The largest absolute Gasteiger partial charge is 0.338 e. The fourth-order valence-corrected chi connectivity index (χ4v) is 3.46. The van der Waals surface area contributed by atoms with Gasteiger partial charge in [0.25, 0.3) is 0 Å². The maximum atomic E-state index is 4.67. The van der Waals surface area contributed by atoms with E-state index in [1.807, 2.05) is 47.5 Å². The molecule has 158 valence electrons. The first kappa shape index (κ1) is 20.6. The minimum atomic E-state index is 0.462. The summed E-state index contributed by atoms with van der Waals surface area (Å²) in [5, 5.41) is 10.9. The van der Waals surface area contributed by atoms with E-state index in [0.29, 0.717) is 11.8 Å². The molecule has 0 aliphatic heterocycles. The van der Waals surface area contributed by atoms with Crippen LogP contribution in [0.4, 0.5) is 28.8 Å². The summed E-state index contributed by atoms with van der Waals surface area (Å²) in [6.45, 7) is 6.72. The van der Waals surface area contributed by atoms with E-state index in [1.54, 1.807) is 42.8 Å². The lowest BCUT2D eigenvalue weighted by molar-refractivity contribution is 0.660. The molecule has 0 spiro atoms. The summed E-state index contributed by atoms with van der Waals surface area (Å²) in [4.78, 5) is 18.0. The summed E-state index contributed by atoms with van der Waals surface area (Å²) in [7, 11) is 1.99. The van der Waals surface area contributed by atoms with Crippen molar-refractivity contribution in [1.82, 2.24) is 29.7 Å². The molecule has 0 amide bonds. The number of hydrogen-bond donors (Lipinski definition) is 2. The first-order valence-electron chi connectivity index (χ1n) is 9.70. The molecule has 9 nitrogen and oxygen atoms in total. The van der Waals surface area contributed by atoms with E-state index in [2.05, 4.69) is 42.2 Å². The molecule has 4 aromatic rings. The first-order valence-corrected chi connectivity index (χ1v) is 10.9. The standard InChI is InChI=1S/C21H23N9S/c1-5-14-11-24-21(26-15-12-25-30(6-2)13-15)28-20(14)27-17-8-7-16-18(23-10-9-22-16)19(17)29(3)31-4/h5,7-13H,1,6H2,2-4H3,(H2,24,26,27,28). The van der Waals surface area contributed by atoms with E-state index in [0.717, 1.165) is 40.2 Å². The Labute approximate surface area is 184 Å². The van der Waals surface area contributed by atoms with Gasteiger partial charge in [-0.2, -0.15) is 10.1 Å². The molecule has 2 N–H and O–H groups in total. The zero-order valence-corrected chi connectivity index (χ0v) is 18.4. The van der Waals surface area contributed by atoms with Gasteiger partial charge in [-0.15, -0.1) is 0 Å². The molecule has 3 aromatic heterocycles. The lowest BCUT2D eigenvalue weighted by Crippen LogP contribution is -2.10. The van der Waals surface area contributed by atoms with Crippen LogP contribution in [0.3, 0.4) is 0 Å². The Hall–Kier alpha value is -3.66. The van der Waals surface area contributed by atoms with Gasteiger partial charge in [-0.25, -0.2) is 4.98 Å². The predicted octanol–water partition coefficient (Wildman–Crippen LogP) is 4.48. The second kappa shape index (κ2) is 9.00. The number of aromatic nitrogens is 6. The summed E-state index contributed by atoms with van der Waals surface area (Å²) in [5.74, 6) is 1.10. The third-order valence-corrected chi connectivity index (χ3v) is 5.44. The van der Waals surface area contributed by atoms with Gasteiger partial charge in [-0.05, 0) is 19.1 Å². The molecule has 0 atom stereocenters. The van der Waals surface area contributed by atoms with Crippen LogP contribution in [0.15, 0.2) is 49.7 Å². The van der Waals surface area contributed by atoms with Gasteiger partial charge in [0, 0.05) is 50.2 Å². The summed E-state index contributed by atoms with van der Waals surface area (Å²) < 4.78 is 3.88. The first-order chi connectivity index (χ1) is 15.1. The molecule has 10 heteroatoms. The van der Waals surface area contributed by atoms with Gasteiger partial charge in [-0.1, -0.05) is 24.6 Å². The third kappa shape index (κ3) is 4.29.